The predicted molar refractivity (Wildman–Crippen MR) is 98.0 cm³/mol. The van der Waals surface area contributed by atoms with Crippen LogP contribution in [0.25, 0.3) is 0 Å². The Hall–Kier alpha value is -2.83. The van der Waals surface area contributed by atoms with E-state index in [9.17, 15) is 14.4 Å². The SMILES string of the molecule is CCOC(=O)C(C/C=C\COC(=O)OC)(Cc1ccccc1)C(=O)OCC. The van der Waals surface area contributed by atoms with Gasteiger partial charge >= 0.3 is 18.1 Å². The number of carbonyl (C=O) groups excluding carboxylic acids is 3. The molecule has 0 N–H and O–H groups in total. The van der Waals surface area contributed by atoms with Crippen molar-refractivity contribution in [2.75, 3.05) is 26.9 Å². The summed E-state index contributed by atoms with van der Waals surface area (Å²) in [7, 11) is 1.21. The molecular weight excluding hydrogens is 352 g/mol. The van der Waals surface area contributed by atoms with Gasteiger partial charge < -0.3 is 18.9 Å². The Morgan fingerprint density at radius 1 is 0.926 bits per heavy atom. The zero-order valence-electron chi connectivity index (χ0n) is 15.9. The number of methoxy groups -OCH3 is 1. The number of rotatable bonds is 10. The van der Waals surface area contributed by atoms with E-state index >= 15 is 0 Å². The third kappa shape index (κ3) is 6.77. The van der Waals surface area contributed by atoms with Gasteiger partial charge in [-0.15, -0.1) is 0 Å². The lowest BCUT2D eigenvalue weighted by Gasteiger charge is -2.28. The number of benzene rings is 1. The molecule has 0 fully saturated rings. The molecule has 1 aromatic carbocycles. The molecule has 0 atom stereocenters. The van der Waals surface area contributed by atoms with E-state index in [1.165, 1.54) is 13.2 Å². The zero-order chi connectivity index (χ0) is 20.1. The van der Waals surface area contributed by atoms with E-state index in [1.54, 1.807) is 19.9 Å². The highest BCUT2D eigenvalue weighted by atomic mass is 16.7. The van der Waals surface area contributed by atoms with Crippen LogP contribution < -0.4 is 0 Å². The summed E-state index contributed by atoms with van der Waals surface area (Å²) >= 11 is 0. The van der Waals surface area contributed by atoms with Crippen LogP contribution in [0.4, 0.5) is 4.79 Å². The van der Waals surface area contributed by atoms with Crippen molar-refractivity contribution in [1.29, 1.82) is 0 Å². The highest BCUT2D eigenvalue weighted by Crippen LogP contribution is 2.32. The van der Waals surface area contributed by atoms with E-state index in [4.69, 9.17) is 14.2 Å². The summed E-state index contributed by atoms with van der Waals surface area (Å²) in [6.07, 6.45) is 2.50. The molecule has 0 aliphatic rings. The first-order chi connectivity index (χ1) is 13.0. The summed E-state index contributed by atoms with van der Waals surface area (Å²) in [4.78, 5) is 36.5. The van der Waals surface area contributed by atoms with Gasteiger partial charge in [0.1, 0.15) is 6.61 Å². The summed E-state index contributed by atoms with van der Waals surface area (Å²) in [5.74, 6) is -1.29. The van der Waals surface area contributed by atoms with Crippen LogP contribution in [0.15, 0.2) is 42.5 Å². The van der Waals surface area contributed by atoms with Gasteiger partial charge in [0.05, 0.1) is 20.3 Å². The van der Waals surface area contributed by atoms with Crippen molar-refractivity contribution < 1.29 is 33.3 Å². The van der Waals surface area contributed by atoms with Gasteiger partial charge in [0, 0.05) is 0 Å². The molecule has 0 aliphatic heterocycles. The van der Waals surface area contributed by atoms with E-state index in [1.807, 2.05) is 30.3 Å². The fourth-order valence-electron chi connectivity index (χ4n) is 2.48. The lowest BCUT2D eigenvalue weighted by Crippen LogP contribution is -2.43. The monoisotopic (exact) mass is 378 g/mol. The number of allylic oxidation sites excluding steroid dienone is 1. The van der Waals surface area contributed by atoms with E-state index in [0.29, 0.717) is 0 Å². The Kier molecular flexibility index (Phi) is 9.64. The Bertz CT molecular complexity index is 619. The maximum atomic E-state index is 12.7. The van der Waals surface area contributed by atoms with E-state index in [0.717, 1.165) is 5.56 Å². The molecule has 0 saturated carbocycles. The van der Waals surface area contributed by atoms with Crippen LogP contribution in [0.3, 0.4) is 0 Å². The van der Waals surface area contributed by atoms with Gasteiger partial charge in [-0.2, -0.15) is 0 Å². The fraction of sp³-hybridized carbons (Fsp3) is 0.450. The summed E-state index contributed by atoms with van der Waals surface area (Å²) < 4.78 is 19.5. The van der Waals surface area contributed by atoms with Crippen molar-refractivity contribution in [3.63, 3.8) is 0 Å². The van der Waals surface area contributed by atoms with Crippen molar-refractivity contribution in [2.45, 2.75) is 26.7 Å². The predicted octanol–water partition coefficient (Wildman–Crippen LogP) is 3.07. The molecule has 7 nitrogen and oxygen atoms in total. The second-order valence-electron chi connectivity index (χ2n) is 5.63. The molecule has 7 heteroatoms. The van der Waals surface area contributed by atoms with Crippen LogP contribution in [-0.2, 0) is 35.0 Å². The van der Waals surface area contributed by atoms with E-state index in [2.05, 4.69) is 4.74 Å². The minimum absolute atomic E-state index is 0.0419. The van der Waals surface area contributed by atoms with Gasteiger partial charge in [0.15, 0.2) is 5.41 Å². The summed E-state index contributed by atoms with van der Waals surface area (Å²) in [5, 5.41) is 0. The standard InChI is InChI=1S/C20H26O7/c1-4-25-17(21)20(18(22)26-5-2,15-16-11-7-6-8-12-16)13-9-10-14-27-19(23)24-3/h6-12H,4-5,13-15H2,1-3H3/b10-9-. The number of ether oxygens (including phenoxy) is 4. The first kappa shape index (κ1) is 22.2. The number of hydrogen-bond acceptors (Lipinski definition) is 7. The average molecular weight is 378 g/mol. The van der Waals surface area contributed by atoms with Crippen LogP contribution >= 0.6 is 0 Å². The first-order valence-electron chi connectivity index (χ1n) is 8.74. The zero-order valence-corrected chi connectivity index (χ0v) is 15.9. The molecule has 0 saturated heterocycles. The van der Waals surface area contributed by atoms with Crippen molar-refractivity contribution >= 4 is 18.1 Å². The van der Waals surface area contributed by atoms with Gasteiger partial charge in [0.2, 0.25) is 0 Å². The molecule has 0 radical (unpaired) electrons. The minimum Gasteiger partial charge on any atom is -0.465 e. The summed E-state index contributed by atoms with van der Waals surface area (Å²) in [5.41, 5.74) is -0.715. The van der Waals surface area contributed by atoms with Gasteiger partial charge in [-0.05, 0) is 32.3 Å². The number of carbonyl (C=O) groups is 3. The van der Waals surface area contributed by atoms with Crippen LogP contribution in [-0.4, -0.2) is 45.0 Å². The maximum absolute atomic E-state index is 12.7. The molecule has 0 unspecified atom stereocenters. The topological polar surface area (TPSA) is 88.1 Å². The molecule has 0 spiro atoms. The van der Waals surface area contributed by atoms with Crippen molar-refractivity contribution in [3.05, 3.63) is 48.0 Å². The van der Waals surface area contributed by atoms with Crippen LogP contribution in [0.5, 0.6) is 0 Å². The van der Waals surface area contributed by atoms with E-state index in [-0.39, 0.29) is 32.7 Å². The quantitative estimate of drug-likeness (QED) is 0.267. The molecule has 1 rings (SSSR count). The first-order valence-corrected chi connectivity index (χ1v) is 8.74. The highest BCUT2D eigenvalue weighted by Gasteiger charge is 2.48. The molecule has 0 heterocycles. The van der Waals surface area contributed by atoms with Crippen LogP contribution in [0.1, 0.15) is 25.8 Å². The third-order valence-corrected chi connectivity index (χ3v) is 3.78. The van der Waals surface area contributed by atoms with Gasteiger partial charge in [-0.3, -0.25) is 9.59 Å². The van der Waals surface area contributed by atoms with Crippen molar-refractivity contribution in [1.82, 2.24) is 0 Å². The fourth-order valence-corrected chi connectivity index (χ4v) is 2.48. The smallest absolute Gasteiger partial charge is 0.465 e. The summed E-state index contributed by atoms with van der Waals surface area (Å²) in [6, 6.07) is 9.17. The molecule has 0 bridgehead atoms. The van der Waals surface area contributed by atoms with Crippen molar-refractivity contribution in [2.24, 2.45) is 5.41 Å². The molecule has 0 aliphatic carbocycles. The Morgan fingerprint density at radius 2 is 1.52 bits per heavy atom. The molecule has 0 amide bonds. The second-order valence-corrected chi connectivity index (χ2v) is 5.63. The molecule has 27 heavy (non-hydrogen) atoms. The largest absolute Gasteiger partial charge is 0.508 e. The van der Waals surface area contributed by atoms with Crippen LogP contribution in [0, 0.1) is 5.41 Å². The van der Waals surface area contributed by atoms with Gasteiger partial charge in [0.25, 0.3) is 0 Å². The van der Waals surface area contributed by atoms with Gasteiger partial charge in [-0.25, -0.2) is 4.79 Å². The third-order valence-electron chi connectivity index (χ3n) is 3.78. The van der Waals surface area contributed by atoms with Gasteiger partial charge in [-0.1, -0.05) is 42.5 Å². The van der Waals surface area contributed by atoms with Crippen LogP contribution in [0.2, 0.25) is 0 Å². The lowest BCUT2D eigenvalue weighted by molar-refractivity contribution is -0.171. The lowest BCUT2D eigenvalue weighted by atomic mass is 9.78. The Balaban J connectivity index is 3.08. The molecule has 0 aromatic heterocycles. The molecular formula is C20H26O7. The highest BCUT2D eigenvalue weighted by molar-refractivity contribution is 6.00. The van der Waals surface area contributed by atoms with E-state index < -0.39 is 23.5 Å². The second kappa shape index (κ2) is 11.7. The average Bonchev–Trinajstić information content (AvgIpc) is 2.67. The Labute approximate surface area is 159 Å². The number of esters is 2. The number of hydrogen-bond donors (Lipinski definition) is 0. The summed E-state index contributed by atoms with van der Waals surface area (Å²) in [6.45, 7) is 3.60. The maximum Gasteiger partial charge on any atom is 0.508 e. The Morgan fingerprint density at radius 3 is 2.04 bits per heavy atom. The molecule has 1 aromatic rings. The minimum atomic E-state index is -1.52. The normalized spacial score (nSPS) is 11.1. The van der Waals surface area contributed by atoms with Crippen molar-refractivity contribution in [3.8, 4) is 0 Å². The molecule has 148 valence electrons.